The van der Waals surface area contributed by atoms with Gasteiger partial charge in [-0.3, -0.25) is 4.79 Å². The molecular weight excluding hydrogens is 468 g/mol. The highest BCUT2D eigenvalue weighted by molar-refractivity contribution is 7.22. The zero-order valence-electron chi connectivity index (χ0n) is 17.3. The third kappa shape index (κ3) is 5.23. The van der Waals surface area contributed by atoms with E-state index in [0.29, 0.717) is 38.1 Å². The van der Waals surface area contributed by atoms with Crippen molar-refractivity contribution in [2.75, 3.05) is 23.3 Å². The molecule has 1 aliphatic heterocycles. The molecular formula is C22H19F6N3OS. The summed E-state index contributed by atoms with van der Waals surface area (Å²) in [5, 5.41) is 3.07. The molecule has 0 bridgehead atoms. The van der Waals surface area contributed by atoms with E-state index < -0.39 is 41.0 Å². The van der Waals surface area contributed by atoms with Gasteiger partial charge in [0.05, 0.1) is 21.3 Å². The third-order valence-corrected chi connectivity index (χ3v) is 6.60. The van der Waals surface area contributed by atoms with Crippen LogP contribution in [0.1, 0.15) is 29.5 Å². The minimum Gasteiger partial charge on any atom is -0.348 e. The Morgan fingerprint density at radius 3 is 2.18 bits per heavy atom. The van der Waals surface area contributed by atoms with Crippen LogP contribution in [0.15, 0.2) is 36.4 Å². The van der Waals surface area contributed by atoms with Gasteiger partial charge in [-0.1, -0.05) is 17.4 Å². The predicted molar refractivity (Wildman–Crippen MR) is 114 cm³/mol. The maximum atomic E-state index is 13.0. The Kier molecular flexibility index (Phi) is 6.02. The number of carbonyl (C=O) groups excluding carboxylic acids is 1. The SMILES string of the molecule is Cc1ccc2nc(N3CCC(C(=O)Nc4cc(C(F)(F)F)cc(C(F)(F)F)c4)CC3)sc2c1. The number of carbonyl (C=O) groups is 1. The molecule has 1 aromatic heterocycles. The maximum Gasteiger partial charge on any atom is 0.416 e. The normalized spacial score (nSPS) is 15.8. The minimum absolute atomic E-state index is 0.0354. The van der Waals surface area contributed by atoms with Crippen LogP contribution in [0.25, 0.3) is 10.2 Å². The lowest BCUT2D eigenvalue weighted by molar-refractivity contribution is -0.143. The average molecular weight is 487 g/mol. The largest absolute Gasteiger partial charge is 0.416 e. The summed E-state index contributed by atoms with van der Waals surface area (Å²) in [6.45, 7) is 3.01. The molecule has 2 heterocycles. The number of halogens is 6. The first kappa shape index (κ1) is 23.3. The van der Waals surface area contributed by atoms with Gasteiger partial charge in [-0.05, 0) is 55.7 Å². The second-order valence-electron chi connectivity index (χ2n) is 8.01. The first-order chi connectivity index (χ1) is 15.4. The standard InChI is InChI=1S/C22H19F6N3OS/c1-12-2-3-17-18(8-12)33-20(30-17)31-6-4-13(5-7-31)19(32)29-16-10-14(21(23,24)25)9-15(11-16)22(26,27)28/h2-3,8-11,13H,4-7H2,1H3,(H,29,32). The summed E-state index contributed by atoms with van der Waals surface area (Å²) in [5.41, 5.74) is -1.45. The zero-order valence-corrected chi connectivity index (χ0v) is 18.2. The first-order valence-electron chi connectivity index (χ1n) is 10.1. The van der Waals surface area contributed by atoms with E-state index in [1.807, 2.05) is 30.0 Å². The van der Waals surface area contributed by atoms with E-state index in [4.69, 9.17) is 0 Å². The third-order valence-electron chi connectivity index (χ3n) is 5.52. The zero-order chi connectivity index (χ0) is 24.0. The highest BCUT2D eigenvalue weighted by Gasteiger charge is 2.37. The van der Waals surface area contributed by atoms with Crippen LogP contribution in [0.5, 0.6) is 0 Å². The summed E-state index contributed by atoms with van der Waals surface area (Å²) in [6, 6.07) is 7.03. The number of thiazole rings is 1. The molecule has 4 rings (SSSR count). The van der Waals surface area contributed by atoms with E-state index in [-0.39, 0.29) is 6.07 Å². The number of hydrogen-bond acceptors (Lipinski definition) is 4. The predicted octanol–water partition coefficient (Wildman–Crippen LogP) is 6.50. The van der Waals surface area contributed by atoms with Gasteiger partial charge >= 0.3 is 12.4 Å². The number of nitrogens with one attached hydrogen (secondary N) is 1. The highest BCUT2D eigenvalue weighted by atomic mass is 32.1. The molecule has 0 aliphatic carbocycles. The average Bonchev–Trinajstić information content (AvgIpc) is 3.15. The molecule has 4 nitrogen and oxygen atoms in total. The van der Waals surface area contributed by atoms with E-state index in [0.717, 1.165) is 20.9 Å². The minimum atomic E-state index is -4.97. The number of aromatic nitrogens is 1. The van der Waals surface area contributed by atoms with Crippen molar-refractivity contribution in [2.24, 2.45) is 5.92 Å². The van der Waals surface area contributed by atoms with Gasteiger partial charge in [0.25, 0.3) is 0 Å². The van der Waals surface area contributed by atoms with Crippen molar-refractivity contribution in [3.8, 4) is 0 Å². The summed E-state index contributed by atoms with van der Waals surface area (Å²) in [4.78, 5) is 19.3. The fraction of sp³-hybridized carbons (Fsp3) is 0.364. The molecule has 2 aromatic carbocycles. The van der Waals surface area contributed by atoms with Gasteiger partial charge in [0.1, 0.15) is 0 Å². The number of aryl methyl sites for hydroxylation is 1. The number of hydrogen-bond donors (Lipinski definition) is 1. The van der Waals surface area contributed by atoms with Crippen molar-refractivity contribution < 1.29 is 31.1 Å². The van der Waals surface area contributed by atoms with E-state index in [1.54, 1.807) is 0 Å². The van der Waals surface area contributed by atoms with Crippen molar-refractivity contribution in [3.63, 3.8) is 0 Å². The number of piperidine rings is 1. The summed E-state index contributed by atoms with van der Waals surface area (Å²) in [5.74, 6) is -1.12. The molecule has 0 radical (unpaired) electrons. The van der Waals surface area contributed by atoms with Crippen LogP contribution in [0, 0.1) is 12.8 Å². The molecule has 1 aliphatic rings. The van der Waals surface area contributed by atoms with Gasteiger partial charge in [-0.2, -0.15) is 26.3 Å². The van der Waals surface area contributed by atoms with Crippen LogP contribution in [0.3, 0.4) is 0 Å². The lowest BCUT2D eigenvalue weighted by Crippen LogP contribution is -2.38. The van der Waals surface area contributed by atoms with Crippen molar-refractivity contribution in [1.29, 1.82) is 0 Å². The molecule has 1 amide bonds. The summed E-state index contributed by atoms with van der Waals surface area (Å²) >= 11 is 1.54. The Labute approximate surface area is 189 Å². The summed E-state index contributed by atoms with van der Waals surface area (Å²) in [6.07, 6.45) is -9.12. The lowest BCUT2D eigenvalue weighted by atomic mass is 9.96. The Morgan fingerprint density at radius 2 is 1.61 bits per heavy atom. The monoisotopic (exact) mass is 487 g/mol. The number of benzene rings is 2. The second-order valence-corrected chi connectivity index (χ2v) is 9.02. The summed E-state index contributed by atoms with van der Waals surface area (Å²) in [7, 11) is 0. The molecule has 0 spiro atoms. The van der Waals surface area contributed by atoms with Gasteiger partial charge in [0.15, 0.2) is 5.13 Å². The van der Waals surface area contributed by atoms with E-state index in [1.165, 1.54) is 11.3 Å². The number of anilines is 2. The molecule has 176 valence electrons. The molecule has 11 heteroatoms. The fourth-order valence-corrected chi connectivity index (χ4v) is 4.87. The molecule has 1 saturated heterocycles. The number of amides is 1. The van der Waals surface area contributed by atoms with Crippen LogP contribution in [-0.4, -0.2) is 24.0 Å². The van der Waals surface area contributed by atoms with Crippen LogP contribution in [0.2, 0.25) is 0 Å². The number of nitrogens with zero attached hydrogens (tertiary/aromatic N) is 2. The molecule has 1 fully saturated rings. The van der Waals surface area contributed by atoms with Crippen molar-refractivity contribution in [3.05, 3.63) is 53.1 Å². The smallest absolute Gasteiger partial charge is 0.348 e. The molecule has 0 unspecified atom stereocenters. The van der Waals surface area contributed by atoms with Gasteiger partial charge in [-0.25, -0.2) is 4.98 Å². The number of fused-ring (bicyclic) bond motifs is 1. The van der Waals surface area contributed by atoms with Crippen LogP contribution in [-0.2, 0) is 17.1 Å². The lowest BCUT2D eigenvalue weighted by Gasteiger charge is -2.31. The number of rotatable bonds is 3. The summed E-state index contributed by atoms with van der Waals surface area (Å²) < 4.78 is 79.3. The Balaban J connectivity index is 1.44. The van der Waals surface area contributed by atoms with E-state index in [2.05, 4.69) is 10.3 Å². The topological polar surface area (TPSA) is 45.2 Å². The Hall–Kier alpha value is -2.82. The quantitative estimate of drug-likeness (QED) is 0.429. The fourth-order valence-electron chi connectivity index (χ4n) is 3.76. The van der Waals surface area contributed by atoms with Crippen LogP contribution < -0.4 is 10.2 Å². The second kappa shape index (κ2) is 8.51. The Bertz CT molecular complexity index is 1150. The highest BCUT2D eigenvalue weighted by Crippen LogP contribution is 2.38. The van der Waals surface area contributed by atoms with Crippen molar-refractivity contribution in [1.82, 2.24) is 4.98 Å². The van der Waals surface area contributed by atoms with Crippen molar-refractivity contribution in [2.45, 2.75) is 32.1 Å². The first-order valence-corrected chi connectivity index (χ1v) is 10.9. The molecule has 33 heavy (non-hydrogen) atoms. The molecule has 0 atom stereocenters. The molecule has 1 N–H and O–H groups in total. The van der Waals surface area contributed by atoms with Gasteiger partial charge in [0, 0.05) is 24.7 Å². The molecule has 0 saturated carbocycles. The maximum absolute atomic E-state index is 13.0. The van der Waals surface area contributed by atoms with Crippen LogP contribution in [0.4, 0.5) is 37.2 Å². The van der Waals surface area contributed by atoms with Gasteiger partial charge in [-0.15, -0.1) is 0 Å². The van der Waals surface area contributed by atoms with E-state index in [9.17, 15) is 31.1 Å². The van der Waals surface area contributed by atoms with Gasteiger partial charge in [0.2, 0.25) is 5.91 Å². The molecule has 3 aromatic rings. The van der Waals surface area contributed by atoms with E-state index >= 15 is 0 Å². The van der Waals surface area contributed by atoms with Crippen LogP contribution >= 0.6 is 11.3 Å². The number of alkyl halides is 6. The van der Waals surface area contributed by atoms with Crippen molar-refractivity contribution >= 4 is 38.3 Å². The van der Waals surface area contributed by atoms with Gasteiger partial charge < -0.3 is 10.2 Å². The Morgan fingerprint density at radius 1 is 1.00 bits per heavy atom.